The average Bonchev–Trinajstić information content (AvgIpc) is 3.43. The first-order valence-electron chi connectivity index (χ1n) is 10.6. The minimum atomic E-state index is 0. The predicted octanol–water partition coefficient (Wildman–Crippen LogP) is 2.75. The predicted molar refractivity (Wildman–Crippen MR) is 132 cm³/mol. The van der Waals surface area contributed by atoms with Crippen LogP contribution in [0.2, 0.25) is 0 Å². The van der Waals surface area contributed by atoms with E-state index in [1.165, 1.54) is 17.7 Å². The Labute approximate surface area is 196 Å². The van der Waals surface area contributed by atoms with E-state index in [9.17, 15) is 4.79 Å². The fraction of sp³-hybridized carbons (Fsp3) is 0.714. The van der Waals surface area contributed by atoms with Gasteiger partial charge >= 0.3 is 0 Å². The molecule has 0 unspecified atom stereocenters. The lowest BCUT2D eigenvalue weighted by Crippen LogP contribution is -2.52. The van der Waals surface area contributed by atoms with Crippen molar-refractivity contribution in [2.45, 2.75) is 32.1 Å². The maximum absolute atomic E-state index is 12.5. The number of hydrogen-bond acceptors (Lipinski definition) is 4. The molecular formula is C21H36IN5OS. The van der Waals surface area contributed by atoms with Crippen molar-refractivity contribution in [3.63, 3.8) is 0 Å². The van der Waals surface area contributed by atoms with Crippen molar-refractivity contribution in [1.29, 1.82) is 0 Å². The smallest absolute Gasteiger partial charge is 0.225 e. The molecular weight excluding hydrogens is 497 g/mol. The summed E-state index contributed by atoms with van der Waals surface area (Å²) in [5.41, 5.74) is 0. The van der Waals surface area contributed by atoms with Crippen molar-refractivity contribution in [1.82, 2.24) is 20.0 Å². The molecule has 3 rings (SSSR count). The molecule has 1 aliphatic carbocycles. The summed E-state index contributed by atoms with van der Waals surface area (Å²) >= 11 is 1.81. The van der Waals surface area contributed by atoms with Crippen LogP contribution in [0.4, 0.5) is 0 Å². The molecule has 2 heterocycles. The normalized spacial score (nSPS) is 18.6. The molecule has 0 spiro atoms. The number of rotatable bonds is 7. The molecule has 1 saturated heterocycles. The highest BCUT2D eigenvalue weighted by Crippen LogP contribution is 2.26. The van der Waals surface area contributed by atoms with Crippen LogP contribution in [0.5, 0.6) is 0 Å². The molecule has 2 fully saturated rings. The minimum Gasteiger partial charge on any atom is -0.355 e. The molecule has 2 aliphatic rings. The van der Waals surface area contributed by atoms with Gasteiger partial charge in [-0.2, -0.15) is 0 Å². The number of halogens is 1. The Morgan fingerprint density at radius 3 is 2.62 bits per heavy atom. The second kappa shape index (κ2) is 12.7. The number of hydrogen-bond donors (Lipinski definition) is 1. The fourth-order valence-electron chi connectivity index (χ4n) is 4.17. The van der Waals surface area contributed by atoms with Crippen molar-refractivity contribution in [3.8, 4) is 0 Å². The highest BCUT2D eigenvalue weighted by Gasteiger charge is 2.29. The summed E-state index contributed by atoms with van der Waals surface area (Å²) in [7, 11) is 3.94. The molecule has 0 atom stereocenters. The summed E-state index contributed by atoms with van der Waals surface area (Å²) in [5, 5.41) is 5.61. The number of carbonyl (C=O) groups excluding carboxylic acids is 1. The number of piperazine rings is 1. The molecule has 1 aromatic rings. The zero-order valence-corrected chi connectivity index (χ0v) is 21.0. The molecule has 1 aliphatic heterocycles. The van der Waals surface area contributed by atoms with E-state index in [2.05, 4.69) is 49.6 Å². The summed E-state index contributed by atoms with van der Waals surface area (Å²) in [6.07, 6.45) is 5.70. The molecule has 0 aromatic carbocycles. The molecule has 0 radical (unpaired) electrons. The van der Waals surface area contributed by atoms with E-state index in [0.29, 0.717) is 11.8 Å². The minimum absolute atomic E-state index is 0. The maximum atomic E-state index is 12.5. The fourth-order valence-corrected chi connectivity index (χ4v) is 4.87. The van der Waals surface area contributed by atoms with Crippen LogP contribution in [0.1, 0.15) is 30.6 Å². The van der Waals surface area contributed by atoms with Crippen LogP contribution in [-0.2, 0) is 11.2 Å². The van der Waals surface area contributed by atoms with Crippen LogP contribution in [0, 0.1) is 5.92 Å². The first-order valence-corrected chi connectivity index (χ1v) is 11.5. The molecule has 1 N–H and O–H groups in total. The monoisotopic (exact) mass is 533 g/mol. The van der Waals surface area contributed by atoms with E-state index in [1.54, 1.807) is 0 Å². The van der Waals surface area contributed by atoms with Gasteiger partial charge in [0.05, 0.1) is 0 Å². The number of nitrogens with one attached hydrogen (secondary N) is 1. The van der Waals surface area contributed by atoms with Crippen LogP contribution in [0.3, 0.4) is 0 Å². The van der Waals surface area contributed by atoms with E-state index in [1.807, 2.05) is 18.4 Å². The van der Waals surface area contributed by atoms with Crippen LogP contribution in [-0.4, -0.2) is 86.5 Å². The maximum Gasteiger partial charge on any atom is 0.225 e. The third kappa shape index (κ3) is 7.40. The van der Waals surface area contributed by atoms with E-state index in [-0.39, 0.29) is 24.0 Å². The number of likely N-dealkylation sites (N-methyl/N-ethyl adjacent to an activating group) is 1. The summed E-state index contributed by atoms with van der Waals surface area (Å²) in [5.74, 6) is 1.66. The summed E-state index contributed by atoms with van der Waals surface area (Å²) in [6, 6.07) is 4.29. The lowest BCUT2D eigenvalue weighted by atomic mass is 10.1. The van der Waals surface area contributed by atoms with Crippen molar-refractivity contribution < 1.29 is 4.79 Å². The van der Waals surface area contributed by atoms with Gasteiger partial charge in [0.25, 0.3) is 0 Å². The second-order valence-corrected chi connectivity index (χ2v) is 8.91. The van der Waals surface area contributed by atoms with Gasteiger partial charge in [-0.25, -0.2) is 0 Å². The summed E-state index contributed by atoms with van der Waals surface area (Å²) < 4.78 is 0. The Kier molecular flexibility index (Phi) is 10.7. The van der Waals surface area contributed by atoms with Gasteiger partial charge in [-0.15, -0.1) is 35.3 Å². The topological polar surface area (TPSA) is 51.2 Å². The van der Waals surface area contributed by atoms with Crippen LogP contribution in [0.25, 0.3) is 0 Å². The number of carbonyl (C=O) groups is 1. The van der Waals surface area contributed by atoms with Gasteiger partial charge in [-0.1, -0.05) is 18.9 Å². The Morgan fingerprint density at radius 1 is 1.28 bits per heavy atom. The van der Waals surface area contributed by atoms with E-state index in [0.717, 1.165) is 71.0 Å². The van der Waals surface area contributed by atoms with Crippen LogP contribution >= 0.6 is 35.3 Å². The summed E-state index contributed by atoms with van der Waals surface area (Å²) in [6.45, 7) is 6.55. The Hall–Kier alpha value is -0.870. The lowest BCUT2D eigenvalue weighted by molar-refractivity contribution is -0.137. The molecule has 1 amide bonds. The van der Waals surface area contributed by atoms with Crippen molar-refractivity contribution in [2.75, 3.05) is 59.9 Å². The molecule has 1 aromatic heterocycles. The van der Waals surface area contributed by atoms with Gasteiger partial charge in [0.1, 0.15) is 0 Å². The van der Waals surface area contributed by atoms with Crippen LogP contribution < -0.4 is 5.32 Å². The largest absolute Gasteiger partial charge is 0.355 e. The second-order valence-electron chi connectivity index (χ2n) is 7.87. The van der Waals surface area contributed by atoms with Gasteiger partial charge in [-0.3, -0.25) is 14.7 Å². The van der Waals surface area contributed by atoms with E-state index >= 15 is 0 Å². The number of aliphatic imine (C=N–C) groups is 1. The van der Waals surface area contributed by atoms with Crippen molar-refractivity contribution in [3.05, 3.63) is 22.4 Å². The Morgan fingerprint density at radius 2 is 2.00 bits per heavy atom. The highest BCUT2D eigenvalue weighted by atomic mass is 127. The zero-order chi connectivity index (χ0) is 19.8. The van der Waals surface area contributed by atoms with Crippen LogP contribution in [0.15, 0.2) is 22.5 Å². The standard InChI is InChI=1S/C21H35N5OS.HI/c1-22-21(24(2)11-9-19-8-5-17-28-19)23-10-12-25-13-15-26(16-14-25)20(27)18-6-3-4-7-18;/h5,8,17-18H,3-4,6-7,9-16H2,1-2H3,(H,22,23);1H. The number of amides is 1. The quantitative estimate of drug-likeness (QED) is 0.333. The molecule has 8 heteroatoms. The first-order chi connectivity index (χ1) is 13.7. The number of guanidine groups is 1. The van der Waals surface area contributed by atoms with Gasteiger partial charge in [-0.05, 0) is 30.7 Å². The van der Waals surface area contributed by atoms with Gasteiger partial charge in [0, 0.05) is 70.7 Å². The zero-order valence-electron chi connectivity index (χ0n) is 17.8. The number of nitrogens with zero attached hydrogens (tertiary/aromatic N) is 4. The molecule has 29 heavy (non-hydrogen) atoms. The Balaban J connectivity index is 0.00000300. The van der Waals surface area contributed by atoms with Crippen molar-refractivity contribution >= 4 is 47.2 Å². The van der Waals surface area contributed by atoms with Gasteiger partial charge in [0.2, 0.25) is 5.91 Å². The third-order valence-electron chi connectivity index (χ3n) is 5.95. The van der Waals surface area contributed by atoms with Crippen molar-refractivity contribution in [2.24, 2.45) is 10.9 Å². The average molecular weight is 534 g/mol. The first kappa shape index (κ1) is 24.4. The van der Waals surface area contributed by atoms with Gasteiger partial charge < -0.3 is 15.1 Å². The molecule has 1 saturated carbocycles. The highest BCUT2D eigenvalue weighted by molar-refractivity contribution is 14.0. The molecule has 6 nitrogen and oxygen atoms in total. The number of thiophene rings is 1. The van der Waals surface area contributed by atoms with Gasteiger partial charge in [0.15, 0.2) is 5.96 Å². The molecule has 0 bridgehead atoms. The summed E-state index contributed by atoms with van der Waals surface area (Å²) in [4.78, 5) is 25.1. The third-order valence-corrected chi connectivity index (χ3v) is 6.88. The van der Waals surface area contributed by atoms with E-state index in [4.69, 9.17) is 0 Å². The lowest BCUT2D eigenvalue weighted by Gasteiger charge is -2.36. The Bertz CT molecular complexity index is 625. The van der Waals surface area contributed by atoms with E-state index < -0.39 is 0 Å². The SMILES string of the molecule is CN=C(NCCN1CCN(C(=O)C2CCCC2)CC1)N(C)CCc1cccs1.I. The molecule has 164 valence electrons.